The first-order valence-corrected chi connectivity index (χ1v) is 11.6. The first-order chi connectivity index (χ1) is 13.1. The minimum absolute atomic E-state index is 0.100. The summed E-state index contributed by atoms with van der Waals surface area (Å²) in [5.41, 5.74) is 0.937. The molecule has 2 aromatic rings. The molecule has 0 atom stereocenters. The summed E-state index contributed by atoms with van der Waals surface area (Å²) in [6, 6.07) is 8.67. The maximum atomic E-state index is 13.8. The molecule has 152 valence electrons. The van der Waals surface area contributed by atoms with Crippen LogP contribution in [0.2, 0.25) is 0 Å². The van der Waals surface area contributed by atoms with Crippen LogP contribution in [0.5, 0.6) is 0 Å². The van der Waals surface area contributed by atoms with Gasteiger partial charge in [-0.2, -0.15) is 4.31 Å². The van der Waals surface area contributed by atoms with Crippen molar-refractivity contribution in [2.45, 2.75) is 35.6 Å². The highest BCUT2D eigenvalue weighted by atomic mass is 32.2. The van der Waals surface area contributed by atoms with E-state index in [9.17, 15) is 25.6 Å². The van der Waals surface area contributed by atoms with E-state index in [1.807, 2.05) is 6.92 Å². The van der Waals surface area contributed by atoms with Gasteiger partial charge in [-0.15, -0.1) is 0 Å². The maximum Gasteiger partial charge on any atom is 0.246 e. The lowest BCUT2D eigenvalue weighted by Crippen LogP contribution is -2.46. The van der Waals surface area contributed by atoms with E-state index in [0.29, 0.717) is 0 Å². The molecule has 0 aliphatic carbocycles. The summed E-state index contributed by atoms with van der Waals surface area (Å²) in [5, 5.41) is 0. The Morgan fingerprint density at radius 2 is 1.46 bits per heavy atom. The normalized spacial score (nSPS) is 17.0. The molecule has 6 nitrogen and oxygen atoms in total. The minimum Gasteiger partial charge on any atom is -0.208 e. The van der Waals surface area contributed by atoms with Gasteiger partial charge in [0.25, 0.3) is 0 Å². The fourth-order valence-corrected chi connectivity index (χ4v) is 6.00. The highest BCUT2D eigenvalue weighted by molar-refractivity contribution is 7.89. The van der Waals surface area contributed by atoms with Gasteiger partial charge in [-0.3, -0.25) is 0 Å². The molecule has 0 aromatic heterocycles. The average Bonchev–Trinajstić information content (AvgIpc) is 2.62. The molecule has 10 heteroatoms. The summed E-state index contributed by atoms with van der Waals surface area (Å²) in [6.07, 6.45) is 0.390. The minimum atomic E-state index is -4.40. The number of hydrogen-bond acceptors (Lipinski definition) is 4. The van der Waals surface area contributed by atoms with Crippen LogP contribution in [0.15, 0.2) is 52.3 Å². The summed E-state index contributed by atoms with van der Waals surface area (Å²) in [4.78, 5) is -0.852. The number of nitrogens with one attached hydrogen (secondary N) is 1. The van der Waals surface area contributed by atoms with E-state index in [4.69, 9.17) is 0 Å². The van der Waals surface area contributed by atoms with Gasteiger partial charge in [-0.1, -0.05) is 23.8 Å². The third-order valence-corrected chi connectivity index (χ3v) is 8.11. The molecule has 28 heavy (non-hydrogen) atoms. The van der Waals surface area contributed by atoms with Crippen LogP contribution in [0, 0.1) is 18.6 Å². The zero-order valence-corrected chi connectivity index (χ0v) is 16.7. The number of piperidine rings is 1. The topological polar surface area (TPSA) is 83.6 Å². The predicted molar refractivity (Wildman–Crippen MR) is 99.6 cm³/mol. The van der Waals surface area contributed by atoms with Crippen molar-refractivity contribution in [1.82, 2.24) is 9.03 Å². The number of halogens is 2. The molecule has 0 unspecified atom stereocenters. The van der Waals surface area contributed by atoms with E-state index in [-0.39, 0.29) is 30.8 Å². The van der Waals surface area contributed by atoms with Crippen LogP contribution in [0.25, 0.3) is 0 Å². The van der Waals surface area contributed by atoms with Gasteiger partial charge < -0.3 is 0 Å². The lowest BCUT2D eigenvalue weighted by Gasteiger charge is -2.31. The summed E-state index contributed by atoms with van der Waals surface area (Å²) < 4.78 is 81.2. The van der Waals surface area contributed by atoms with Gasteiger partial charge in [-0.25, -0.2) is 30.3 Å². The summed E-state index contributed by atoms with van der Waals surface area (Å²) in [6.45, 7) is 2.05. The van der Waals surface area contributed by atoms with E-state index in [0.717, 1.165) is 23.8 Å². The molecule has 0 saturated carbocycles. The van der Waals surface area contributed by atoms with Crippen LogP contribution in [0.3, 0.4) is 0 Å². The molecule has 3 rings (SSSR count). The lowest BCUT2D eigenvalue weighted by molar-refractivity contribution is 0.308. The first-order valence-electron chi connectivity index (χ1n) is 8.64. The van der Waals surface area contributed by atoms with E-state index in [1.54, 1.807) is 12.1 Å². The molecular formula is C18H20F2N2O4S2. The third-order valence-electron chi connectivity index (χ3n) is 4.62. The largest absolute Gasteiger partial charge is 0.246 e. The summed E-state index contributed by atoms with van der Waals surface area (Å²) >= 11 is 0. The van der Waals surface area contributed by atoms with Crippen LogP contribution in [0.4, 0.5) is 8.78 Å². The van der Waals surface area contributed by atoms with Crippen LogP contribution in [0.1, 0.15) is 18.4 Å². The molecule has 0 spiro atoms. The van der Waals surface area contributed by atoms with Crippen LogP contribution < -0.4 is 4.72 Å². The molecule has 1 saturated heterocycles. The first kappa shape index (κ1) is 20.8. The number of sulfonamides is 2. The second kappa shape index (κ2) is 7.86. The molecule has 1 fully saturated rings. The molecule has 1 aliphatic heterocycles. The Morgan fingerprint density at radius 1 is 0.929 bits per heavy atom. The fraction of sp³-hybridized carbons (Fsp3) is 0.333. The Balaban J connectivity index is 1.69. The highest BCUT2D eigenvalue weighted by Crippen LogP contribution is 2.23. The van der Waals surface area contributed by atoms with Crippen molar-refractivity contribution in [1.29, 1.82) is 0 Å². The molecule has 1 N–H and O–H groups in total. The monoisotopic (exact) mass is 430 g/mol. The molecule has 1 heterocycles. The smallest absolute Gasteiger partial charge is 0.208 e. The molecule has 0 amide bonds. The lowest BCUT2D eigenvalue weighted by atomic mass is 10.1. The Kier molecular flexibility index (Phi) is 5.85. The third kappa shape index (κ3) is 4.24. The maximum absolute atomic E-state index is 13.8. The van der Waals surface area contributed by atoms with E-state index in [1.165, 1.54) is 16.4 Å². The van der Waals surface area contributed by atoms with Gasteiger partial charge in [0.1, 0.15) is 11.6 Å². The van der Waals surface area contributed by atoms with E-state index < -0.39 is 42.6 Å². The molecule has 0 radical (unpaired) electrons. The quantitative estimate of drug-likeness (QED) is 0.790. The summed E-state index contributed by atoms with van der Waals surface area (Å²) in [5.74, 6) is -2.35. The van der Waals surface area contributed by atoms with Crippen molar-refractivity contribution in [3.8, 4) is 0 Å². The van der Waals surface area contributed by atoms with Crippen molar-refractivity contribution in [3.05, 3.63) is 59.7 Å². The number of aryl methyl sites for hydroxylation is 1. The average molecular weight is 430 g/mol. The Hall–Kier alpha value is -1.88. The molecule has 1 aliphatic rings. The molecular weight excluding hydrogens is 410 g/mol. The Labute approximate surface area is 163 Å². The predicted octanol–water partition coefficient (Wildman–Crippen LogP) is 2.40. The number of rotatable bonds is 5. The second-order valence-electron chi connectivity index (χ2n) is 6.66. The number of benzene rings is 2. The van der Waals surface area contributed by atoms with Crippen LogP contribution in [-0.4, -0.2) is 40.3 Å². The van der Waals surface area contributed by atoms with Crippen molar-refractivity contribution >= 4 is 20.0 Å². The Morgan fingerprint density at radius 3 is 2.00 bits per heavy atom. The van der Waals surface area contributed by atoms with E-state index >= 15 is 0 Å². The van der Waals surface area contributed by atoms with Crippen molar-refractivity contribution in [2.75, 3.05) is 13.1 Å². The number of nitrogens with zero attached hydrogens (tertiary/aromatic N) is 1. The van der Waals surface area contributed by atoms with Crippen LogP contribution in [-0.2, 0) is 20.0 Å². The highest BCUT2D eigenvalue weighted by Gasteiger charge is 2.32. The zero-order chi connectivity index (χ0) is 20.5. The summed E-state index contributed by atoms with van der Waals surface area (Å²) in [7, 11) is -8.07. The number of hydrogen-bond donors (Lipinski definition) is 1. The SMILES string of the molecule is Cc1ccc(S(=O)(=O)N2CCC(NS(=O)(=O)c3c(F)cccc3F)CC2)cc1. The van der Waals surface area contributed by atoms with E-state index in [2.05, 4.69) is 4.72 Å². The van der Waals surface area contributed by atoms with Crippen molar-refractivity contribution in [2.24, 2.45) is 0 Å². The van der Waals surface area contributed by atoms with Gasteiger partial charge in [0, 0.05) is 19.1 Å². The van der Waals surface area contributed by atoms with Gasteiger partial charge >= 0.3 is 0 Å². The van der Waals surface area contributed by atoms with Gasteiger partial charge in [0.05, 0.1) is 4.90 Å². The fourth-order valence-electron chi connectivity index (χ4n) is 3.09. The standard InChI is InChI=1S/C18H20F2N2O4S2/c1-13-5-7-15(8-6-13)28(25,26)22-11-9-14(10-12-22)21-27(23,24)18-16(19)3-2-4-17(18)20/h2-8,14,21H,9-12H2,1H3. The van der Waals surface area contributed by atoms with Crippen LogP contribution >= 0.6 is 0 Å². The Bertz CT molecular complexity index is 1040. The molecule has 0 bridgehead atoms. The van der Waals surface area contributed by atoms with Gasteiger partial charge in [0.2, 0.25) is 20.0 Å². The molecule has 2 aromatic carbocycles. The zero-order valence-electron chi connectivity index (χ0n) is 15.1. The van der Waals surface area contributed by atoms with Gasteiger partial charge in [-0.05, 0) is 44.0 Å². The van der Waals surface area contributed by atoms with Gasteiger partial charge in [0.15, 0.2) is 4.90 Å². The second-order valence-corrected chi connectivity index (χ2v) is 10.3. The van der Waals surface area contributed by atoms with Crippen molar-refractivity contribution < 1.29 is 25.6 Å². The van der Waals surface area contributed by atoms with Crippen molar-refractivity contribution in [3.63, 3.8) is 0 Å².